The first-order chi connectivity index (χ1) is 9.06. The van der Waals surface area contributed by atoms with Crippen LogP contribution >= 0.6 is 0 Å². The molecular weight excluding hydrogens is 252 g/mol. The summed E-state index contributed by atoms with van der Waals surface area (Å²) in [6, 6.07) is 4.13. The highest BCUT2D eigenvalue weighted by molar-refractivity contribution is 5.95. The Morgan fingerprint density at radius 3 is 2.63 bits per heavy atom. The minimum atomic E-state index is -0.588. The number of methoxy groups -OCH3 is 2. The lowest BCUT2D eigenvalue weighted by Crippen LogP contribution is -2.04. The molecule has 1 aromatic carbocycles. The molecule has 0 fully saturated rings. The second-order valence-corrected chi connectivity index (χ2v) is 3.68. The topological polar surface area (TPSA) is 108 Å². The zero-order chi connectivity index (χ0) is 14.0. The van der Waals surface area contributed by atoms with E-state index in [1.54, 1.807) is 0 Å². The molecule has 3 N–H and O–H groups in total. The van der Waals surface area contributed by atoms with Crippen molar-refractivity contribution >= 4 is 11.9 Å². The van der Waals surface area contributed by atoms with Gasteiger partial charge in [-0.15, -0.1) is 0 Å². The smallest absolute Gasteiger partial charge is 0.341 e. The minimum Gasteiger partial charge on any atom is -0.507 e. The van der Waals surface area contributed by atoms with Crippen LogP contribution < -0.4 is 10.5 Å². The monoisotopic (exact) mass is 264 g/mol. The number of phenolic OH excluding ortho intramolecular Hbond substituents is 1. The lowest BCUT2D eigenvalue weighted by molar-refractivity contribution is 0.0597. The standard InChI is InChI=1S/C12H12N2O5/c1-17-10-5-9(15)6(3-7(10)12(16)18-2)8-4-11(13)19-14-8/h3-5,15H,13H2,1-2H3. The van der Waals surface area contributed by atoms with Gasteiger partial charge in [0.05, 0.1) is 14.2 Å². The van der Waals surface area contributed by atoms with Crippen molar-refractivity contribution in [1.29, 1.82) is 0 Å². The Morgan fingerprint density at radius 2 is 2.11 bits per heavy atom. The molecule has 0 spiro atoms. The van der Waals surface area contributed by atoms with Crippen molar-refractivity contribution in [2.75, 3.05) is 20.0 Å². The number of aromatic nitrogens is 1. The molecule has 19 heavy (non-hydrogen) atoms. The number of aromatic hydroxyl groups is 1. The van der Waals surface area contributed by atoms with Gasteiger partial charge in [0.2, 0.25) is 5.88 Å². The molecule has 0 bridgehead atoms. The van der Waals surface area contributed by atoms with Crippen LogP contribution in [0.4, 0.5) is 5.88 Å². The Balaban J connectivity index is 2.59. The number of anilines is 1. The third-order valence-electron chi connectivity index (χ3n) is 2.53. The molecule has 0 saturated heterocycles. The highest BCUT2D eigenvalue weighted by atomic mass is 16.5. The molecule has 0 amide bonds. The summed E-state index contributed by atoms with van der Waals surface area (Å²) >= 11 is 0. The van der Waals surface area contributed by atoms with Gasteiger partial charge in [-0.05, 0) is 6.07 Å². The van der Waals surface area contributed by atoms with Crippen molar-refractivity contribution in [3.8, 4) is 22.8 Å². The van der Waals surface area contributed by atoms with Gasteiger partial charge >= 0.3 is 5.97 Å². The average Bonchev–Trinajstić information content (AvgIpc) is 2.83. The zero-order valence-corrected chi connectivity index (χ0v) is 10.3. The van der Waals surface area contributed by atoms with Crippen molar-refractivity contribution in [2.45, 2.75) is 0 Å². The van der Waals surface area contributed by atoms with E-state index in [9.17, 15) is 9.90 Å². The third-order valence-corrected chi connectivity index (χ3v) is 2.53. The third kappa shape index (κ3) is 2.30. The van der Waals surface area contributed by atoms with Gasteiger partial charge in [-0.3, -0.25) is 0 Å². The first-order valence-electron chi connectivity index (χ1n) is 5.28. The maximum Gasteiger partial charge on any atom is 0.341 e. The Hall–Kier alpha value is -2.70. The van der Waals surface area contributed by atoms with Crippen LogP contribution in [0.25, 0.3) is 11.3 Å². The molecule has 0 atom stereocenters. The van der Waals surface area contributed by atoms with Crippen LogP contribution in [0.1, 0.15) is 10.4 Å². The van der Waals surface area contributed by atoms with Crippen LogP contribution in [0.15, 0.2) is 22.7 Å². The van der Waals surface area contributed by atoms with Gasteiger partial charge < -0.3 is 24.8 Å². The van der Waals surface area contributed by atoms with Crippen molar-refractivity contribution < 1.29 is 23.9 Å². The van der Waals surface area contributed by atoms with E-state index in [1.165, 1.54) is 32.4 Å². The zero-order valence-electron chi connectivity index (χ0n) is 10.3. The van der Waals surface area contributed by atoms with Crippen LogP contribution in [0, 0.1) is 0 Å². The van der Waals surface area contributed by atoms with Crippen molar-refractivity contribution in [3.05, 3.63) is 23.8 Å². The van der Waals surface area contributed by atoms with E-state index in [0.29, 0.717) is 11.3 Å². The van der Waals surface area contributed by atoms with Gasteiger partial charge in [-0.1, -0.05) is 5.16 Å². The predicted octanol–water partition coefficient (Wildman–Crippen LogP) is 1.42. The van der Waals surface area contributed by atoms with Crippen LogP contribution in [0.2, 0.25) is 0 Å². The number of nitrogens with zero attached hydrogens (tertiary/aromatic N) is 1. The van der Waals surface area contributed by atoms with E-state index < -0.39 is 5.97 Å². The fourth-order valence-corrected chi connectivity index (χ4v) is 1.63. The summed E-state index contributed by atoms with van der Waals surface area (Å²) in [4.78, 5) is 11.6. The molecule has 2 rings (SSSR count). The maximum absolute atomic E-state index is 11.6. The molecule has 1 heterocycles. The molecular formula is C12H12N2O5. The summed E-state index contributed by atoms with van der Waals surface area (Å²) in [5.74, 6) is -0.401. The first-order valence-corrected chi connectivity index (χ1v) is 5.28. The molecule has 0 unspecified atom stereocenters. The van der Waals surface area contributed by atoms with Crippen LogP contribution in [0.3, 0.4) is 0 Å². The van der Waals surface area contributed by atoms with Crippen molar-refractivity contribution in [3.63, 3.8) is 0 Å². The second-order valence-electron chi connectivity index (χ2n) is 3.68. The number of rotatable bonds is 3. The van der Waals surface area contributed by atoms with Gasteiger partial charge in [0.15, 0.2) is 0 Å². The Kier molecular flexibility index (Phi) is 3.28. The predicted molar refractivity (Wildman–Crippen MR) is 65.9 cm³/mol. The number of benzene rings is 1. The number of nitrogens with two attached hydrogens (primary N) is 1. The van der Waals surface area contributed by atoms with E-state index in [1.807, 2.05) is 0 Å². The van der Waals surface area contributed by atoms with Gasteiger partial charge in [-0.2, -0.15) is 0 Å². The largest absolute Gasteiger partial charge is 0.507 e. The van der Waals surface area contributed by atoms with Gasteiger partial charge in [0, 0.05) is 17.7 Å². The minimum absolute atomic E-state index is 0.102. The number of hydrogen-bond acceptors (Lipinski definition) is 7. The molecule has 0 aliphatic heterocycles. The van der Waals surface area contributed by atoms with E-state index in [0.717, 1.165) is 0 Å². The van der Waals surface area contributed by atoms with E-state index in [2.05, 4.69) is 9.89 Å². The SMILES string of the molecule is COC(=O)c1cc(-c2cc(N)on2)c(O)cc1OC. The molecule has 7 nitrogen and oxygen atoms in total. The molecule has 0 radical (unpaired) electrons. The van der Waals surface area contributed by atoms with Gasteiger partial charge in [0.1, 0.15) is 22.8 Å². The van der Waals surface area contributed by atoms with Crippen LogP contribution in [0.5, 0.6) is 11.5 Å². The molecule has 0 saturated carbocycles. The highest BCUT2D eigenvalue weighted by Crippen LogP contribution is 2.35. The van der Waals surface area contributed by atoms with Gasteiger partial charge in [-0.25, -0.2) is 4.79 Å². The molecule has 100 valence electrons. The number of carbonyl (C=O) groups excluding carboxylic acids is 1. The number of hydrogen-bond donors (Lipinski definition) is 2. The number of nitrogen functional groups attached to an aromatic ring is 1. The normalized spacial score (nSPS) is 10.2. The molecule has 7 heteroatoms. The Morgan fingerprint density at radius 1 is 1.37 bits per heavy atom. The lowest BCUT2D eigenvalue weighted by Gasteiger charge is -2.09. The molecule has 2 aromatic rings. The molecule has 0 aliphatic rings. The summed E-state index contributed by atoms with van der Waals surface area (Å²) in [5.41, 5.74) is 6.19. The maximum atomic E-state index is 11.6. The fourth-order valence-electron chi connectivity index (χ4n) is 1.63. The number of ether oxygens (including phenoxy) is 2. The van der Waals surface area contributed by atoms with E-state index in [4.69, 9.17) is 15.0 Å². The van der Waals surface area contributed by atoms with Gasteiger partial charge in [0.25, 0.3) is 0 Å². The summed E-state index contributed by atoms with van der Waals surface area (Å²) in [6.07, 6.45) is 0. The quantitative estimate of drug-likeness (QED) is 0.807. The summed E-state index contributed by atoms with van der Waals surface area (Å²) in [5, 5.41) is 13.6. The summed E-state index contributed by atoms with van der Waals surface area (Å²) in [6.45, 7) is 0. The first kappa shape index (κ1) is 12.7. The van der Waals surface area contributed by atoms with Crippen LogP contribution in [-0.2, 0) is 4.74 Å². The number of phenols is 1. The highest BCUT2D eigenvalue weighted by Gasteiger charge is 2.19. The van der Waals surface area contributed by atoms with Crippen molar-refractivity contribution in [1.82, 2.24) is 5.16 Å². The van der Waals surface area contributed by atoms with Crippen LogP contribution in [-0.4, -0.2) is 30.5 Å². The average molecular weight is 264 g/mol. The number of carbonyl (C=O) groups is 1. The summed E-state index contributed by atoms with van der Waals surface area (Å²) in [7, 11) is 2.64. The lowest BCUT2D eigenvalue weighted by atomic mass is 10.1. The molecule has 0 aliphatic carbocycles. The fraction of sp³-hybridized carbons (Fsp3) is 0.167. The number of esters is 1. The summed E-state index contributed by atoms with van der Waals surface area (Å²) < 4.78 is 14.4. The van der Waals surface area contributed by atoms with Crippen molar-refractivity contribution in [2.24, 2.45) is 0 Å². The second kappa shape index (κ2) is 4.89. The Bertz CT molecular complexity index is 621. The Labute approximate surface area is 108 Å². The van der Waals surface area contributed by atoms with E-state index in [-0.39, 0.29) is 22.9 Å². The molecule has 1 aromatic heterocycles. The van der Waals surface area contributed by atoms with E-state index >= 15 is 0 Å².